The number of hydrogen-bond acceptors (Lipinski definition) is 0. The molecule has 206 valence electrons. The van der Waals surface area contributed by atoms with Crippen LogP contribution in [0.25, 0.3) is 0 Å². The van der Waals surface area contributed by atoms with Gasteiger partial charge in [-0.1, -0.05) is 135 Å². The van der Waals surface area contributed by atoms with Gasteiger partial charge < -0.3 is 0 Å². The minimum absolute atomic E-state index is 0. The summed E-state index contributed by atoms with van der Waals surface area (Å²) < 4.78 is 22.5. The van der Waals surface area contributed by atoms with Gasteiger partial charge in [0.2, 0.25) is 0 Å². The van der Waals surface area contributed by atoms with E-state index in [1.807, 2.05) is 0 Å². The average Bonchev–Trinajstić information content (AvgIpc) is 3.00. The predicted octanol–water partition coefficient (Wildman–Crippen LogP) is 6.16. The van der Waals surface area contributed by atoms with Gasteiger partial charge in [0.15, 0.2) is 0 Å². The SMILES string of the molecule is CCP(c1ccccc1)c1ccccc1.CCP(c1ccccc1)c1ccccc1.[C-]#[O+].[C-]#[O+].[C-]#[O+].[Ru].[Ru].[Ru]. The van der Waals surface area contributed by atoms with Gasteiger partial charge in [-0.15, -0.1) is 0 Å². The summed E-state index contributed by atoms with van der Waals surface area (Å²) >= 11 is 0. The molecule has 4 aromatic carbocycles. The molecule has 0 radical (unpaired) electrons. The fraction of sp³-hybridized carbons (Fsp3) is 0.129. The van der Waals surface area contributed by atoms with E-state index in [1.165, 1.54) is 33.5 Å². The quantitative estimate of drug-likeness (QED) is 0.0971. The van der Waals surface area contributed by atoms with Crippen LogP contribution in [0.5, 0.6) is 0 Å². The second-order valence-corrected chi connectivity index (χ2v) is 11.9. The second kappa shape index (κ2) is 31.4. The Bertz CT molecular complexity index is 936. The Kier molecular flexibility index (Phi) is 36.1. The maximum Gasteiger partial charge on any atom is 0 e. The van der Waals surface area contributed by atoms with Crippen molar-refractivity contribution in [3.8, 4) is 0 Å². The Labute approximate surface area is 274 Å². The van der Waals surface area contributed by atoms with E-state index in [0.717, 1.165) is 0 Å². The first-order chi connectivity index (χ1) is 17.8. The molecule has 39 heavy (non-hydrogen) atoms. The van der Waals surface area contributed by atoms with E-state index in [9.17, 15) is 0 Å². The summed E-state index contributed by atoms with van der Waals surface area (Å²) in [4.78, 5) is 0. The standard InChI is InChI=1S/2C14H15P.3CO.3Ru/c2*1-2-15(13-9-5-3-6-10-13)14-11-7-4-8-12-14;3*1-2;;;/h2*3-12H,2H2,1H3;;;;;;. The van der Waals surface area contributed by atoms with Crippen LogP contribution in [0.1, 0.15) is 13.8 Å². The molecule has 4 aromatic rings. The molecule has 0 aliphatic heterocycles. The van der Waals surface area contributed by atoms with E-state index >= 15 is 0 Å². The number of hydrogen-bond donors (Lipinski definition) is 0. The Morgan fingerprint density at radius 2 is 0.538 bits per heavy atom. The molecular formula is C31H30O3P2Ru3. The summed E-state index contributed by atoms with van der Waals surface area (Å²) in [7, 11) is -0.297. The maximum atomic E-state index is 7.50. The van der Waals surface area contributed by atoms with Crippen molar-refractivity contribution in [3.05, 3.63) is 141 Å². The van der Waals surface area contributed by atoms with Crippen molar-refractivity contribution in [1.29, 1.82) is 0 Å². The van der Waals surface area contributed by atoms with Crippen molar-refractivity contribution in [2.24, 2.45) is 0 Å². The molecule has 4 rings (SSSR count). The summed E-state index contributed by atoms with van der Waals surface area (Å²) in [6.07, 6.45) is 2.42. The first kappa shape index (κ1) is 44.8. The van der Waals surface area contributed by atoms with E-state index in [4.69, 9.17) is 14.0 Å². The monoisotopic (exact) mass is 818 g/mol. The third-order valence-corrected chi connectivity index (χ3v) is 9.85. The van der Waals surface area contributed by atoms with Crippen LogP contribution < -0.4 is 21.2 Å². The van der Waals surface area contributed by atoms with Gasteiger partial charge in [-0.2, -0.15) is 0 Å². The second-order valence-electron chi connectivity index (χ2n) is 6.83. The summed E-state index contributed by atoms with van der Waals surface area (Å²) in [5.41, 5.74) is 0. The smallest absolute Gasteiger partial charge is 0 e. The zero-order chi connectivity index (χ0) is 27.0. The third-order valence-electron chi connectivity index (χ3n) is 4.90. The molecular weight excluding hydrogens is 785 g/mol. The van der Waals surface area contributed by atoms with Gasteiger partial charge in [0.25, 0.3) is 0 Å². The molecule has 0 amide bonds. The van der Waals surface area contributed by atoms with Crippen LogP contribution in [0, 0.1) is 20.0 Å². The predicted molar refractivity (Wildman–Crippen MR) is 151 cm³/mol. The van der Waals surface area contributed by atoms with Gasteiger partial charge in [-0.05, 0) is 49.4 Å². The zero-order valence-corrected chi connectivity index (χ0v) is 28.6. The minimum atomic E-state index is -0.149. The molecule has 0 saturated carbocycles. The van der Waals surface area contributed by atoms with E-state index in [2.05, 4.69) is 155 Å². The Balaban J connectivity index is -0.000000248. The number of benzene rings is 4. The molecule has 0 aromatic heterocycles. The van der Waals surface area contributed by atoms with Crippen molar-refractivity contribution in [2.75, 3.05) is 12.3 Å². The normalized spacial score (nSPS) is 8.26. The van der Waals surface area contributed by atoms with Crippen LogP contribution in [0.15, 0.2) is 121 Å². The molecule has 0 aliphatic carbocycles. The molecule has 0 N–H and O–H groups in total. The van der Waals surface area contributed by atoms with Crippen LogP contribution >= 0.6 is 15.8 Å². The molecule has 0 heterocycles. The largest absolute Gasteiger partial charge is 0 e. The molecule has 0 fully saturated rings. The summed E-state index contributed by atoms with van der Waals surface area (Å²) in [5.74, 6) is 0. The Morgan fingerprint density at radius 1 is 0.385 bits per heavy atom. The van der Waals surface area contributed by atoms with Crippen LogP contribution in [-0.2, 0) is 72.4 Å². The number of rotatable bonds is 6. The minimum Gasteiger partial charge on any atom is 0 e. The molecule has 0 spiro atoms. The van der Waals surface area contributed by atoms with Crippen molar-refractivity contribution in [1.82, 2.24) is 0 Å². The average molecular weight is 816 g/mol. The summed E-state index contributed by atoms with van der Waals surface area (Å²) in [5, 5.41) is 5.89. The third kappa shape index (κ3) is 17.3. The van der Waals surface area contributed by atoms with Gasteiger partial charge in [0.05, 0.1) is 0 Å². The maximum absolute atomic E-state index is 7.50. The zero-order valence-electron chi connectivity index (χ0n) is 21.6. The molecule has 8 heteroatoms. The van der Waals surface area contributed by atoms with Gasteiger partial charge in [0.1, 0.15) is 0 Å². The first-order valence-electron chi connectivity index (χ1n) is 11.2. The molecule has 0 saturated heterocycles. The van der Waals surface area contributed by atoms with Crippen LogP contribution in [0.2, 0.25) is 0 Å². The van der Waals surface area contributed by atoms with E-state index in [-0.39, 0.29) is 74.3 Å². The topological polar surface area (TPSA) is 59.7 Å². The van der Waals surface area contributed by atoms with Gasteiger partial charge in [-0.25, -0.2) is 0 Å². The summed E-state index contributed by atoms with van der Waals surface area (Å²) in [6, 6.07) is 43.3. The van der Waals surface area contributed by atoms with E-state index in [1.54, 1.807) is 0 Å². The van der Waals surface area contributed by atoms with E-state index in [0.29, 0.717) is 0 Å². The van der Waals surface area contributed by atoms with E-state index < -0.39 is 0 Å². The van der Waals surface area contributed by atoms with Crippen LogP contribution in [0.3, 0.4) is 0 Å². The van der Waals surface area contributed by atoms with Crippen molar-refractivity contribution >= 4 is 37.1 Å². The van der Waals surface area contributed by atoms with Crippen molar-refractivity contribution in [3.63, 3.8) is 0 Å². The first-order valence-corrected chi connectivity index (χ1v) is 14.2. The molecule has 0 atom stereocenters. The van der Waals surface area contributed by atoms with Crippen molar-refractivity contribution in [2.45, 2.75) is 13.8 Å². The molecule has 3 nitrogen and oxygen atoms in total. The molecule has 0 unspecified atom stereocenters. The van der Waals surface area contributed by atoms with Crippen LogP contribution in [0.4, 0.5) is 0 Å². The molecule has 0 aliphatic rings. The molecule has 0 bridgehead atoms. The van der Waals surface area contributed by atoms with Gasteiger partial charge >= 0.3 is 33.9 Å². The van der Waals surface area contributed by atoms with Crippen molar-refractivity contribution < 1.29 is 72.4 Å². The fourth-order valence-electron chi connectivity index (χ4n) is 3.46. The Hall–Kier alpha value is -1.17. The summed E-state index contributed by atoms with van der Waals surface area (Å²) in [6.45, 7) is 18.0. The Morgan fingerprint density at radius 3 is 0.667 bits per heavy atom. The van der Waals surface area contributed by atoms with Gasteiger partial charge in [0, 0.05) is 58.4 Å². The van der Waals surface area contributed by atoms with Crippen LogP contribution in [-0.4, -0.2) is 12.3 Å². The van der Waals surface area contributed by atoms with Gasteiger partial charge in [-0.3, -0.25) is 0 Å². The fourth-order valence-corrected chi connectivity index (χ4v) is 7.65.